The van der Waals surface area contributed by atoms with Crippen LogP contribution < -0.4 is 5.73 Å². The van der Waals surface area contributed by atoms with Crippen molar-refractivity contribution in [1.29, 1.82) is 0 Å². The largest absolute Gasteiger partial charge is 0.399 e. The van der Waals surface area contributed by atoms with Crippen LogP contribution in [0.3, 0.4) is 0 Å². The molecule has 0 amide bonds. The summed E-state index contributed by atoms with van der Waals surface area (Å²) >= 11 is 0. The maximum Gasteiger partial charge on any atom is 0.0953 e. The molecule has 0 atom stereocenters. The van der Waals surface area contributed by atoms with Crippen molar-refractivity contribution in [2.24, 2.45) is 7.05 Å². The van der Waals surface area contributed by atoms with Gasteiger partial charge in [0.2, 0.25) is 0 Å². The number of anilines is 1. The number of fused-ring (bicyclic) bond motifs is 1. The first-order valence-electron chi connectivity index (χ1n) is 4.86. The number of hydrogen-bond acceptors (Lipinski definition) is 2. The molecule has 0 bridgehead atoms. The van der Waals surface area contributed by atoms with E-state index in [0.29, 0.717) is 0 Å². The van der Waals surface area contributed by atoms with Gasteiger partial charge in [-0.05, 0) is 24.6 Å². The van der Waals surface area contributed by atoms with E-state index in [1.54, 1.807) is 4.68 Å². The second-order valence-corrected chi connectivity index (χ2v) is 3.08. The molecule has 0 aliphatic rings. The standard InChI is InChI=1S/C9H11N3.C2H6/c1-6-3-8(10)4-7-5-12(2)11-9(6)7;1-2/h3-5H,10H2,1-2H3;1-2H3. The zero-order valence-electron chi connectivity index (χ0n) is 9.20. The lowest BCUT2D eigenvalue weighted by Gasteiger charge is -1.95. The number of aromatic nitrogens is 2. The van der Waals surface area contributed by atoms with Gasteiger partial charge in [-0.1, -0.05) is 13.8 Å². The number of nitrogens with zero attached hydrogens (tertiary/aromatic N) is 2. The fourth-order valence-corrected chi connectivity index (χ4v) is 1.46. The topological polar surface area (TPSA) is 43.8 Å². The maximum absolute atomic E-state index is 5.70. The van der Waals surface area contributed by atoms with Crippen molar-refractivity contribution in [1.82, 2.24) is 9.78 Å². The lowest BCUT2D eigenvalue weighted by atomic mass is 10.1. The summed E-state index contributed by atoms with van der Waals surface area (Å²) in [5.74, 6) is 0. The molecule has 2 aromatic rings. The second-order valence-electron chi connectivity index (χ2n) is 3.08. The molecule has 0 aliphatic carbocycles. The van der Waals surface area contributed by atoms with E-state index in [0.717, 1.165) is 22.2 Å². The SMILES string of the molecule is CC.Cc1cc(N)cc2cn(C)nc12. The van der Waals surface area contributed by atoms with Gasteiger partial charge < -0.3 is 5.73 Å². The van der Waals surface area contributed by atoms with Gasteiger partial charge in [0.25, 0.3) is 0 Å². The molecular weight excluding hydrogens is 174 g/mol. The van der Waals surface area contributed by atoms with Crippen LogP contribution in [0.2, 0.25) is 0 Å². The van der Waals surface area contributed by atoms with E-state index >= 15 is 0 Å². The van der Waals surface area contributed by atoms with Crippen LogP contribution >= 0.6 is 0 Å². The van der Waals surface area contributed by atoms with Crippen molar-refractivity contribution < 1.29 is 0 Å². The molecule has 1 aromatic carbocycles. The molecule has 0 saturated carbocycles. The van der Waals surface area contributed by atoms with Gasteiger partial charge in [0.05, 0.1) is 5.52 Å². The van der Waals surface area contributed by atoms with Gasteiger partial charge in [-0.3, -0.25) is 4.68 Å². The highest BCUT2D eigenvalue weighted by molar-refractivity contribution is 5.84. The predicted molar refractivity (Wildman–Crippen MR) is 61.2 cm³/mol. The molecule has 0 unspecified atom stereocenters. The summed E-state index contributed by atoms with van der Waals surface area (Å²) in [5, 5.41) is 5.42. The molecule has 3 heteroatoms. The monoisotopic (exact) mass is 191 g/mol. The Hall–Kier alpha value is -1.51. The van der Waals surface area contributed by atoms with E-state index in [1.165, 1.54) is 0 Å². The fourth-order valence-electron chi connectivity index (χ4n) is 1.46. The summed E-state index contributed by atoms with van der Waals surface area (Å²) in [5.41, 5.74) is 8.66. The number of hydrogen-bond donors (Lipinski definition) is 1. The number of rotatable bonds is 0. The third-order valence-electron chi connectivity index (χ3n) is 1.94. The number of nitrogen functional groups attached to an aromatic ring is 1. The summed E-state index contributed by atoms with van der Waals surface area (Å²) in [4.78, 5) is 0. The summed E-state index contributed by atoms with van der Waals surface area (Å²) in [6.07, 6.45) is 1.97. The van der Waals surface area contributed by atoms with Gasteiger partial charge in [-0.15, -0.1) is 0 Å². The summed E-state index contributed by atoms with van der Waals surface area (Å²) in [6, 6.07) is 3.88. The molecule has 14 heavy (non-hydrogen) atoms. The van der Waals surface area contributed by atoms with E-state index in [2.05, 4.69) is 5.10 Å². The van der Waals surface area contributed by atoms with Crippen LogP contribution in [0.5, 0.6) is 0 Å². The minimum absolute atomic E-state index is 0.799. The molecule has 0 spiro atoms. The fraction of sp³-hybridized carbons (Fsp3) is 0.364. The molecule has 3 nitrogen and oxygen atoms in total. The van der Waals surface area contributed by atoms with Gasteiger partial charge >= 0.3 is 0 Å². The first kappa shape index (κ1) is 10.6. The van der Waals surface area contributed by atoms with E-state index in [-0.39, 0.29) is 0 Å². The van der Waals surface area contributed by atoms with Gasteiger partial charge in [0.1, 0.15) is 0 Å². The molecule has 0 radical (unpaired) electrons. The number of benzene rings is 1. The van der Waals surface area contributed by atoms with E-state index in [4.69, 9.17) is 5.73 Å². The van der Waals surface area contributed by atoms with Gasteiger partial charge in [-0.25, -0.2) is 0 Å². The third-order valence-corrected chi connectivity index (χ3v) is 1.94. The molecule has 0 aliphatic heterocycles. The van der Waals surface area contributed by atoms with Crippen LogP contribution in [0.4, 0.5) is 5.69 Å². The molecule has 0 saturated heterocycles. The second kappa shape index (κ2) is 4.13. The van der Waals surface area contributed by atoms with Crippen molar-refractivity contribution in [2.45, 2.75) is 20.8 Å². The Labute approximate surface area is 84.5 Å². The quantitative estimate of drug-likeness (QED) is 0.650. The minimum Gasteiger partial charge on any atom is -0.399 e. The molecule has 2 N–H and O–H groups in total. The summed E-state index contributed by atoms with van der Waals surface area (Å²) < 4.78 is 1.80. The Morgan fingerprint density at radius 3 is 2.57 bits per heavy atom. The molecule has 1 aromatic heterocycles. The smallest absolute Gasteiger partial charge is 0.0953 e. The van der Waals surface area contributed by atoms with Crippen LogP contribution in [0, 0.1) is 6.92 Å². The zero-order chi connectivity index (χ0) is 10.7. The lowest BCUT2D eigenvalue weighted by molar-refractivity contribution is 0.779. The Balaban J connectivity index is 0.000000461. The van der Waals surface area contributed by atoms with Crippen LogP contribution in [0.1, 0.15) is 19.4 Å². The van der Waals surface area contributed by atoms with E-state index in [1.807, 2.05) is 46.1 Å². The minimum atomic E-state index is 0.799. The van der Waals surface area contributed by atoms with Crippen LogP contribution in [0.25, 0.3) is 10.9 Å². The van der Waals surface area contributed by atoms with Crippen molar-refractivity contribution in [3.05, 3.63) is 23.9 Å². The first-order chi connectivity index (χ1) is 6.66. The first-order valence-corrected chi connectivity index (χ1v) is 4.86. The molecule has 0 fully saturated rings. The van der Waals surface area contributed by atoms with E-state index < -0.39 is 0 Å². The highest BCUT2D eigenvalue weighted by Crippen LogP contribution is 2.19. The summed E-state index contributed by atoms with van der Waals surface area (Å²) in [6.45, 7) is 6.02. The zero-order valence-corrected chi connectivity index (χ0v) is 9.20. The highest BCUT2D eigenvalue weighted by atomic mass is 15.2. The third kappa shape index (κ3) is 1.87. The van der Waals surface area contributed by atoms with Gasteiger partial charge in [0.15, 0.2) is 0 Å². The van der Waals surface area contributed by atoms with E-state index in [9.17, 15) is 0 Å². The van der Waals surface area contributed by atoms with Crippen molar-refractivity contribution in [3.8, 4) is 0 Å². The van der Waals surface area contributed by atoms with Crippen LogP contribution in [-0.4, -0.2) is 9.78 Å². The van der Waals surface area contributed by atoms with Crippen LogP contribution in [0.15, 0.2) is 18.3 Å². The number of nitrogens with two attached hydrogens (primary N) is 1. The average molecular weight is 191 g/mol. The highest BCUT2D eigenvalue weighted by Gasteiger charge is 2.01. The van der Waals surface area contributed by atoms with Gasteiger partial charge in [-0.2, -0.15) is 5.10 Å². The average Bonchev–Trinajstić information content (AvgIpc) is 2.49. The Morgan fingerprint density at radius 1 is 1.29 bits per heavy atom. The normalized spacial score (nSPS) is 9.71. The Kier molecular flexibility index (Phi) is 3.12. The molecule has 76 valence electrons. The lowest BCUT2D eigenvalue weighted by Crippen LogP contribution is -1.87. The number of aryl methyl sites for hydroxylation is 2. The maximum atomic E-state index is 5.70. The molecule has 1 heterocycles. The Bertz CT molecular complexity index is 429. The van der Waals surface area contributed by atoms with Crippen molar-refractivity contribution >= 4 is 16.6 Å². The predicted octanol–water partition coefficient (Wildman–Crippen LogP) is 2.49. The molecular formula is C11H17N3. The summed E-state index contributed by atoms with van der Waals surface area (Å²) in [7, 11) is 1.91. The molecule has 2 rings (SSSR count). The Morgan fingerprint density at radius 2 is 1.93 bits per heavy atom. The van der Waals surface area contributed by atoms with Crippen molar-refractivity contribution in [2.75, 3.05) is 5.73 Å². The van der Waals surface area contributed by atoms with Crippen LogP contribution in [-0.2, 0) is 7.05 Å². The van der Waals surface area contributed by atoms with Gasteiger partial charge in [0, 0.05) is 24.3 Å². The van der Waals surface area contributed by atoms with Crippen molar-refractivity contribution in [3.63, 3.8) is 0 Å².